The van der Waals surface area contributed by atoms with Gasteiger partial charge < -0.3 is 9.42 Å². The lowest BCUT2D eigenvalue weighted by atomic mass is 9.98. The maximum Gasteiger partial charge on any atom is 0.417 e. The van der Waals surface area contributed by atoms with E-state index in [2.05, 4.69) is 15.1 Å². The highest BCUT2D eigenvalue weighted by molar-refractivity contribution is 5.41. The molecule has 0 saturated carbocycles. The van der Waals surface area contributed by atoms with Gasteiger partial charge in [0.25, 0.3) is 0 Å². The van der Waals surface area contributed by atoms with E-state index in [1.807, 2.05) is 4.90 Å². The van der Waals surface area contributed by atoms with Gasteiger partial charge in [0.05, 0.1) is 11.5 Å². The smallest absolute Gasteiger partial charge is 0.356 e. The molecule has 0 amide bonds. The Kier molecular flexibility index (Phi) is 3.76. The molecule has 0 aliphatic carbocycles. The zero-order chi connectivity index (χ0) is 15.7. The second-order valence-electron chi connectivity index (χ2n) is 5.37. The lowest BCUT2D eigenvalue weighted by Gasteiger charge is -2.32. The molecule has 118 valence electrons. The number of aromatic nitrogens is 3. The van der Waals surface area contributed by atoms with Crippen LogP contribution in [0.2, 0.25) is 0 Å². The SMILES string of the molecule is Cc1noc([C@H]2CCCN(c3ccc(C(F)(F)F)cn3)C2)n1. The normalized spacial score (nSPS) is 19.5. The molecule has 0 aromatic carbocycles. The van der Waals surface area contributed by atoms with Crippen molar-refractivity contribution in [2.45, 2.75) is 31.9 Å². The summed E-state index contributed by atoms with van der Waals surface area (Å²) in [5, 5.41) is 3.78. The Morgan fingerprint density at radius 3 is 2.73 bits per heavy atom. The van der Waals surface area contributed by atoms with Crippen LogP contribution in [-0.2, 0) is 6.18 Å². The van der Waals surface area contributed by atoms with Crippen molar-refractivity contribution >= 4 is 5.82 Å². The van der Waals surface area contributed by atoms with Crippen LogP contribution in [-0.4, -0.2) is 28.2 Å². The van der Waals surface area contributed by atoms with Gasteiger partial charge in [0, 0.05) is 19.3 Å². The lowest BCUT2D eigenvalue weighted by molar-refractivity contribution is -0.137. The van der Waals surface area contributed by atoms with E-state index in [9.17, 15) is 13.2 Å². The Labute approximate surface area is 125 Å². The molecule has 8 heteroatoms. The third-order valence-corrected chi connectivity index (χ3v) is 3.71. The molecule has 5 nitrogen and oxygen atoms in total. The number of pyridine rings is 1. The topological polar surface area (TPSA) is 55.1 Å². The first-order valence-electron chi connectivity index (χ1n) is 7.02. The quantitative estimate of drug-likeness (QED) is 0.852. The van der Waals surface area contributed by atoms with E-state index >= 15 is 0 Å². The highest BCUT2D eigenvalue weighted by Gasteiger charge is 2.31. The third kappa shape index (κ3) is 3.05. The Morgan fingerprint density at radius 1 is 1.32 bits per heavy atom. The number of piperidine rings is 1. The van der Waals surface area contributed by atoms with Crippen LogP contribution < -0.4 is 4.90 Å². The summed E-state index contributed by atoms with van der Waals surface area (Å²) in [7, 11) is 0. The summed E-state index contributed by atoms with van der Waals surface area (Å²) in [6.07, 6.45) is -1.68. The number of hydrogen-bond acceptors (Lipinski definition) is 5. The fourth-order valence-corrected chi connectivity index (χ4v) is 2.61. The molecule has 1 aliphatic rings. The standard InChI is InChI=1S/C14H15F3N4O/c1-9-19-13(22-20-9)10-3-2-6-21(8-10)12-5-4-11(7-18-12)14(15,16)17/h4-5,7,10H,2-3,6,8H2,1H3/t10-/m0/s1. The van der Waals surface area contributed by atoms with Gasteiger partial charge in [-0.15, -0.1) is 0 Å². The van der Waals surface area contributed by atoms with Gasteiger partial charge >= 0.3 is 6.18 Å². The summed E-state index contributed by atoms with van der Waals surface area (Å²) < 4.78 is 42.9. The molecule has 0 N–H and O–H groups in total. The molecule has 2 aromatic rings. The van der Waals surface area contributed by atoms with Crippen molar-refractivity contribution in [3.05, 3.63) is 35.6 Å². The maximum absolute atomic E-state index is 12.6. The summed E-state index contributed by atoms with van der Waals surface area (Å²) >= 11 is 0. The van der Waals surface area contributed by atoms with Gasteiger partial charge in [-0.1, -0.05) is 5.16 Å². The number of halogens is 3. The van der Waals surface area contributed by atoms with Gasteiger partial charge in [0.15, 0.2) is 5.82 Å². The van der Waals surface area contributed by atoms with Crippen molar-refractivity contribution in [2.24, 2.45) is 0 Å². The zero-order valence-electron chi connectivity index (χ0n) is 12.0. The molecule has 1 fully saturated rings. The highest BCUT2D eigenvalue weighted by atomic mass is 19.4. The van der Waals surface area contributed by atoms with Crippen molar-refractivity contribution in [2.75, 3.05) is 18.0 Å². The summed E-state index contributed by atoms with van der Waals surface area (Å²) in [6, 6.07) is 2.47. The molecule has 3 heterocycles. The highest BCUT2D eigenvalue weighted by Crippen LogP contribution is 2.31. The van der Waals surface area contributed by atoms with E-state index in [4.69, 9.17) is 4.52 Å². The fourth-order valence-electron chi connectivity index (χ4n) is 2.61. The van der Waals surface area contributed by atoms with Crippen LogP contribution in [0, 0.1) is 6.92 Å². The molecule has 3 rings (SSSR count). The Morgan fingerprint density at radius 2 is 2.14 bits per heavy atom. The number of alkyl halides is 3. The fraction of sp³-hybridized carbons (Fsp3) is 0.500. The maximum atomic E-state index is 12.6. The number of hydrogen-bond donors (Lipinski definition) is 0. The number of anilines is 1. The van der Waals surface area contributed by atoms with Gasteiger partial charge in [-0.05, 0) is 31.9 Å². The van der Waals surface area contributed by atoms with Gasteiger partial charge in [-0.25, -0.2) is 4.98 Å². The van der Waals surface area contributed by atoms with Crippen LogP contribution in [0.15, 0.2) is 22.9 Å². The molecule has 1 saturated heterocycles. The molecule has 2 aromatic heterocycles. The average Bonchev–Trinajstić information content (AvgIpc) is 2.93. The van der Waals surface area contributed by atoms with E-state index < -0.39 is 11.7 Å². The summed E-state index contributed by atoms with van der Waals surface area (Å²) in [6.45, 7) is 3.12. The van der Waals surface area contributed by atoms with E-state index in [0.717, 1.165) is 31.6 Å². The summed E-state index contributed by atoms with van der Waals surface area (Å²) in [5.74, 6) is 1.78. The minimum absolute atomic E-state index is 0.0824. The molecule has 1 aliphatic heterocycles. The molecule has 0 bridgehead atoms. The minimum Gasteiger partial charge on any atom is -0.356 e. The van der Waals surface area contributed by atoms with Gasteiger partial charge in [-0.3, -0.25) is 0 Å². The molecular weight excluding hydrogens is 297 g/mol. The predicted molar refractivity (Wildman–Crippen MR) is 72.5 cm³/mol. The van der Waals surface area contributed by atoms with Crippen molar-refractivity contribution in [3.8, 4) is 0 Å². The van der Waals surface area contributed by atoms with Crippen LogP contribution >= 0.6 is 0 Å². The molecular formula is C14H15F3N4O. The number of nitrogens with zero attached hydrogens (tertiary/aromatic N) is 4. The molecule has 1 atom stereocenters. The van der Waals surface area contributed by atoms with Crippen LogP contribution in [0.5, 0.6) is 0 Å². The van der Waals surface area contributed by atoms with Crippen molar-refractivity contribution < 1.29 is 17.7 Å². The van der Waals surface area contributed by atoms with Crippen LogP contribution in [0.3, 0.4) is 0 Å². The molecule has 0 radical (unpaired) electrons. The van der Waals surface area contributed by atoms with Gasteiger partial charge in [0.2, 0.25) is 5.89 Å². The van der Waals surface area contributed by atoms with Crippen LogP contribution in [0.4, 0.5) is 19.0 Å². The first-order chi connectivity index (χ1) is 10.4. The van der Waals surface area contributed by atoms with Crippen molar-refractivity contribution in [1.29, 1.82) is 0 Å². The first-order valence-corrected chi connectivity index (χ1v) is 7.02. The lowest BCUT2D eigenvalue weighted by Crippen LogP contribution is -2.35. The van der Waals surface area contributed by atoms with Gasteiger partial charge in [-0.2, -0.15) is 18.2 Å². The average molecular weight is 312 g/mol. The van der Waals surface area contributed by atoms with Crippen molar-refractivity contribution in [1.82, 2.24) is 15.1 Å². The number of aryl methyl sites for hydroxylation is 1. The second kappa shape index (κ2) is 5.58. The third-order valence-electron chi connectivity index (χ3n) is 3.71. The van der Waals surface area contributed by atoms with E-state index in [0.29, 0.717) is 24.1 Å². The predicted octanol–water partition coefficient (Wildman–Crippen LogP) is 3.18. The Balaban J connectivity index is 1.74. The van der Waals surface area contributed by atoms with E-state index in [1.165, 1.54) is 6.07 Å². The monoisotopic (exact) mass is 312 g/mol. The molecule has 0 spiro atoms. The minimum atomic E-state index is -4.36. The van der Waals surface area contributed by atoms with Crippen LogP contribution in [0.25, 0.3) is 0 Å². The van der Waals surface area contributed by atoms with E-state index in [1.54, 1.807) is 6.92 Å². The largest absolute Gasteiger partial charge is 0.417 e. The van der Waals surface area contributed by atoms with E-state index in [-0.39, 0.29) is 5.92 Å². The van der Waals surface area contributed by atoms with Crippen molar-refractivity contribution in [3.63, 3.8) is 0 Å². The van der Waals surface area contributed by atoms with Gasteiger partial charge in [0.1, 0.15) is 5.82 Å². The molecule has 0 unspecified atom stereocenters. The Bertz CT molecular complexity index is 638. The second-order valence-corrected chi connectivity index (χ2v) is 5.37. The first kappa shape index (κ1) is 14.8. The summed E-state index contributed by atoms with van der Waals surface area (Å²) in [5.41, 5.74) is -0.739. The zero-order valence-corrected chi connectivity index (χ0v) is 12.0. The van der Waals surface area contributed by atoms with Crippen LogP contribution in [0.1, 0.15) is 36.0 Å². The summed E-state index contributed by atoms with van der Waals surface area (Å²) in [4.78, 5) is 10.1. The molecule has 22 heavy (non-hydrogen) atoms. The number of rotatable bonds is 2. The Hall–Kier alpha value is -2.12.